The minimum atomic E-state index is -3.40. The molecule has 0 fully saturated rings. The molecule has 0 aromatic heterocycles. The molecule has 2 rings (SSSR count). The molecule has 0 unspecified atom stereocenters. The molecule has 26 heavy (non-hydrogen) atoms. The normalized spacial score (nSPS) is 11.3. The average Bonchev–Trinajstić information content (AvgIpc) is 2.54. The maximum Gasteiger partial charge on any atom is 0.251 e. The molecule has 0 saturated heterocycles. The lowest BCUT2D eigenvalue weighted by atomic mass is 10.1. The first-order valence-electron chi connectivity index (χ1n) is 8.27. The van der Waals surface area contributed by atoms with E-state index in [0.717, 1.165) is 17.6 Å². The lowest BCUT2D eigenvalue weighted by Crippen LogP contribution is -2.24. The van der Waals surface area contributed by atoms with Gasteiger partial charge in [-0.05, 0) is 56.2 Å². The van der Waals surface area contributed by atoms with Crippen LogP contribution in [0.2, 0.25) is 0 Å². The molecule has 140 valence electrons. The highest BCUT2D eigenvalue weighted by Gasteiger charge is 2.13. The van der Waals surface area contributed by atoms with Gasteiger partial charge in [-0.15, -0.1) is 0 Å². The van der Waals surface area contributed by atoms with Crippen LogP contribution in [0.5, 0.6) is 5.75 Å². The molecule has 0 saturated carbocycles. The fourth-order valence-electron chi connectivity index (χ4n) is 2.43. The van der Waals surface area contributed by atoms with Crippen LogP contribution in [0.15, 0.2) is 42.5 Å². The fourth-order valence-corrected chi connectivity index (χ4v) is 3.05. The molecule has 0 aliphatic rings. The van der Waals surface area contributed by atoms with Gasteiger partial charge in [-0.25, -0.2) is 8.42 Å². The molecule has 0 atom stereocenters. The molecular formula is C19H24N2O4S. The van der Waals surface area contributed by atoms with Crippen LogP contribution in [0.1, 0.15) is 35.3 Å². The summed E-state index contributed by atoms with van der Waals surface area (Å²) in [5, 5.41) is 2.85. The Kier molecular flexibility index (Phi) is 6.26. The van der Waals surface area contributed by atoms with Gasteiger partial charge in [0, 0.05) is 12.1 Å². The zero-order chi connectivity index (χ0) is 19.3. The molecule has 2 N–H and O–H groups in total. The first-order chi connectivity index (χ1) is 12.2. The minimum Gasteiger partial charge on any atom is -0.491 e. The van der Waals surface area contributed by atoms with Crippen LogP contribution in [0.4, 0.5) is 5.69 Å². The molecule has 0 spiro atoms. The van der Waals surface area contributed by atoms with E-state index >= 15 is 0 Å². The van der Waals surface area contributed by atoms with E-state index in [2.05, 4.69) is 10.0 Å². The molecule has 2 aromatic carbocycles. The fraction of sp³-hybridized carbons (Fsp3) is 0.316. The highest BCUT2D eigenvalue weighted by Crippen LogP contribution is 2.20. The van der Waals surface area contributed by atoms with Crippen LogP contribution < -0.4 is 14.8 Å². The van der Waals surface area contributed by atoms with Crippen molar-refractivity contribution in [2.24, 2.45) is 0 Å². The number of carbonyl (C=O) groups is 1. The standard InChI is InChI=1S/C19H24N2O4S/c1-13(2)25-16-10-8-15(9-11-16)12-20-19(22)17-6-5-7-18(14(17)3)21-26(4,23)24/h5-11,13,21H,12H2,1-4H3,(H,20,22). The van der Waals surface area contributed by atoms with E-state index in [-0.39, 0.29) is 12.0 Å². The quantitative estimate of drug-likeness (QED) is 0.778. The van der Waals surface area contributed by atoms with E-state index in [1.807, 2.05) is 38.1 Å². The van der Waals surface area contributed by atoms with E-state index in [0.29, 0.717) is 23.4 Å². The molecule has 2 aromatic rings. The van der Waals surface area contributed by atoms with Crippen molar-refractivity contribution in [3.63, 3.8) is 0 Å². The summed E-state index contributed by atoms with van der Waals surface area (Å²) in [6.07, 6.45) is 1.18. The van der Waals surface area contributed by atoms with Crippen molar-refractivity contribution in [2.45, 2.75) is 33.4 Å². The summed E-state index contributed by atoms with van der Waals surface area (Å²) < 4.78 is 30.8. The molecule has 7 heteroatoms. The van der Waals surface area contributed by atoms with Gasteiger partial charge in [-0.3, -0.25) is 9.52 Å². The van der Waals surface area contributed by atoms with Crippen LogP contribution in [-0.4, -0.2) is 26.7 Å². The highest BCUT2D eigenvalue weighted by atomic mass is 32.2. The lowest BCUT2D eigenvalue weighted by Gasteiger charge is -2.13. The molecule has 0 heterocycles. The SMILES string of the molecule is Cc1c(NS(C)(=O)=O)cccc1C(=O)NCc1ccc(OC(C)C)cc1. The largest absolute Gasteiger partial charge is 0.491 e. The van der Waals surface area contributed by atoms with Gasteiger partial charge in [0.05, 0.1) is 18.0 Å². The number of hydrogen-bond acceptors (Lipinski definition) is 4. The number of sulfonamides is 1. The van der Waals surface area contributed by atoms with Crippen LogP contribution in [0.25, 0.3) is 0 Å². The molecule has 0 aliphatic heterocycles. The van der Waals surface area contributed by atoms with Gasteiger partial charge in [0.1, 0.15) is 5.75 Å². The number of amides is 1. The third-order valence-corrected chi connectivity index (χ3v) is 4.21. The summed E-state index contributed by atoms with van der Waals surface area (Å²) in [5.41, 5.74) is 2.35. The van der Waals surface area contributed by atoms with Crippen molar-refractivity contribution in [1.82, 2.24) is 5.32 Å². The second-order valence-corrected chi connectivity index (χ2v) is 8.09. The molecular weight excluding hydrogens is 352 g/mol. The maximum atomic E-state index is 12.5. The number of carbonyl (C=O) groups excluding carboxylic acids is 1. The number of benzene rings is 2. The van der Waals surface area contributed by atoms with Gasteiger partial charge < -0.3 is 10.1 Å². The summed E-state index contributed by atoms with van der Waals surface area (Å²) in [4.78, 5) is 12.5. The van der Waals surface area contributed by atoms with E-state index in [1.165, 1.54) is 0 Å². The van der Waals surface area contributed by atoms with Crippen molar-refractivity contribution in [3.8, 4) is 5.75 Å². The van der Waals surface area contributed by atoms with E-state index in [4.69, 9.17) is 4.74 Å². The Morgan fingerprint density at radius 3 is 2.35 bits per heavy atom. The minimum absolute atomic E-state index is 0.108. The van der Waals surface area contributed by atoms with Crippen molar-refractivity contribution in [3.05, 3.63) is 59.2 Å². The Balaban J connectivity index is 2.05. The van der Waals surface area contributed by atoms with Crippen molar-refractivity contribution < 1.29 is 17.9 Å². The van der Waals surface area contributed by atoms with Crippen molar-refractivity contribution >= 4 is 21.6 Å². The molecule has 0 radical (unpaired) electrons. The highest BCUT2D eigenvalue weighted by molar-refractivity contribution is 7.92. The van der Waals surface area contributed by atoms with E-state index in [1.54, 1.807) is 25.1 Å². The summed E-state index contributed by atoms with van der Waals surface area (Å²) in [7, 11) is -3.40. The van der Waals surface area contributed by atoms with Gasteiger partial charge in [0.25, 0.3) is 5.91 Å². The molecule has 6 nitrogen and oxygen atoms in total. The van der Waals surface area contributed by atoms with Crippen LogP contribution in [0, 0.1) is 6.92 Å². The Morgan fingerprint density at radius 2 is 1.77 bits per heavy atom. The first kappa shape index (κ1) is 19.8. The number of rotatable bonds is 7. The summed E-state index contributed by atoms with van der Waals surface area (Å²) >= 11 is 0. The number of hydrogen-bond donors (Lipinski definition) is 2. The second-order valence-electron chi connectivity index (χ2n) is 6.35. The average molecular weight is 376 g/mol. The number of ether oxygens (including phenoxy) is 1. The van der Waals surface area contributed by atoms with E-state index < -0.39 is 10.0 Å². The number of nitrogens with one attached hydrogen (secondary N) is 2. The third kappa shape index (κ3) is 5.77. The predicted molar refractivity (Wildman–Crippen MR) is 103 cm³/mol. The third-order valence-electron chi connectivity index (χ3n) is 3.62. The smallest absolute Gasteiger partial charge is 0.251 e. The van der Waals surface area contributed by atoms with Gasteiger partial charge >= 0.3 is 0 Å². The van der Waals surface area contributed by atoms with Crippen molar-refractivity contribution in [2.75, 3.05) is 11.0 Å². The first-order valence-corrected chi connectivity index (χ1v) is 10.2. The van der Waals surface area contributed by atoms with Gasteiger partial charge in [0.2, 0.25) is 10.0 Å². The summed E-state index contributed by atoms with van der Waals surface area (Å²) in [6, 6.07) is 12.5. The Hall–Kier alpha value is -2.54. The Bertz CT molecular complexity index is 875. The molecule has 0 aliphatic carbocycles. The van der Waals surface area contributed by atoms with E-state index in [9.17, 15) is 13.2 Å². The Morgan fingerprint density at radius 1 is 1.12 bits per heavy atom. The summed E-state index contributed by atoms with van der Waals surface area (Å²) in [6.45, 7) is 6.00. The monoisotopic (exact) mass is 376 g/mol. The Labute approximate surface area is 154 Å². The van der Waals surface area contributed by atoms with Crippen LogP contribution in [-0.2, 0) is 16.6 Å². The van der Waals surface area contributed by atoms with Gasteiger partial charge in [0.15, 0.2) is 0 Å². The second kappa shape index (κ2) is 8.23. The van der Waals surface area contributed by atoms with Crippen molar-refractivity contribution in [1.29, 1.82) is 0 Å². The maximum absolute atomic E-state index is 12.5. The van der Waals surface area contributed by atoms with Gasteiger partial charge in [-0.2, -0.15) is 0 Å². The molecule has 1 amide bonds. The number of anilines is 1. The zero-order valence-electron chi connectivity index (χ0n) is 15.4. The summed E-state index contributed by atoms with van der Waals surface area (Å²) in [5.74, 6) is 0.521. The zero-order valence-corrected chi connectivity index (χ0v) is 16.2. The molecule has 0 bridgehead atoms. The van der Waals surface area contributed by atoms with Crippen LogP contribution in [0.3, 0.4) is 0 Å². The van der Waals surface area contributed by atoms with Crippen LogP contribution >= 0.6 is 0 Å². The topological polar surface area (TPSA) is 84.5 Å². The lowest BCUT2D eigenvalue weighted by molar-refractivity contribution is 0.0950. The predicted octanol–water partition coefficient (Wildman–Crippen LogP) is 3.08. The van der Waals surface area contributed by atoms with Gasteiger partial charge in [-0.1, -0.05) is 18.2 Å².